The van der Waals surface area contributed by atoms with Crippen molar-refractivity contribution in [3.8, 4) is 0 Å². The first-order chi connectivity index (χ1) is 21.4. The minimum Gasteiger partial charge on any atom is -0.480 e. The van der Waals surface area contributed by atoms with Crippen LogP contribution in [0, 0.1) is 0 Å². The van der Waals surface area contributed by atoms with E-state index in [2.05, 4.69) is 35.9 Å². The second-order valence-electron chi connectivity index (χ2n) is 10.4. The summed E-state index contributed by atoms with van der Waals surface area (Å²) in [5, 5.41) is 18.1. The maximum Gasteiger partial charge on any atom is 0.326 e. The van der Waals surface area contributed by atoms with Gasteiger partial charge in [0.2, 0.25) is 23.6 Å². The van der Waals surface area contributed by atoms with Gasteiger partial charge < -0.3 is 54.0 Å². The number of nitrogens with one attached hydrogen (secondary N) is 5. The van der Waals surface area contributed by atoms with E-state index in [4.69, 9.17) is 22.9 Å². The number of hydrogen-bond donors (Lipinski definition) is 10. The van der Waals surface area contributed by atoms with Crippen molar-refractivity contribution in [1.29, 1.82) is 0 Å². The van der Waals surface area contributed by atoms with Gasteiger partial charge in [-0.1, -0.05) is 18.2 Å². The molecule has 0 saturated heterocycles. The fourth-order valence-electron chi connectivity index (χ4n) is 4.60. The van der Waals surface area contributed by atoms with Gasteiger partial charge in [0.15, 0.2) is 5.96 Å². The standard InChI is InChI=1S/C28H39N11O6/c29-18(10-15-12-35-19-5-2-1-4-17(15)19)24(41)39-22(11-16-13-33-14-36-16)26(43)37-20(6-3-9-34-28(31)32)25(42)38-21(27(44)45)7-8-23(30)40/h1-2,4-5,12-14,18,20-22,35H,3,6-11,29H2,(H2,30,40)(H,33,36)(H,37,43)(H,38,42)(H,39,41)(H,44,45)(H4,31,32,34). The summed E-state index contributed by atoms with van der Waals surface area (Å²) < 4.78 is 0. The number of imidazole rings is 1. The van der Waals surface area contributed by atoms with Gasteiger partial charge >= 0.3 is 5.97 Å². The Morgan fingerprint density at radius 2 is 1.58 bits per heavy atom. The number of carbonyl (C=O) groups is 5. The first-order valence-electron chi connectivity index (χ1n) is 14.2. The van der Waals surface area contributed by atoms with E-state index >= 15 is 0 Å². The van der Waals surface area contributed by atoms with Gasteiger partial charge in [-0.2, -0.15) is 0 Å². The number of aliphatic imine (C=N–C) groups is 1. The van der Waals surface area contributed by atoms with Crippen molar-refractivity contribution in [2.75, 3.05) is 6.54 Å². The van der Waals surface area contributed by atoms with Crippen LogP contribution in [0.2, 0.25) is 0 Å². The fourth-order valence-corrected chi connectivity index (χ4v) is 4.60. The van der Waals surface area contributed by atoms with Crippen LogP contribution in [0.5, 0.6) is 0 Å². The zero-order valence-electron chi connectivity index (χ0n) is 24.5. The lowest BCUT2D eigenvalue weighted by molar-refractivity contribution is -0.142. The smallest absolute Gasteiger partial charge is 0.326 e. The number of carbonyl (C=O) groups excluding carboxylic acids is 4. The number of rotatable bonds is 18. The zero-order chi connectivity index (χ0) is 32.9. The molecule has 3 aromatic rings. The summed E-state index contributed by atoms with van der Waals surface area (Å²) >= 11 is 0. The lowest BCUT2D eigenvalue weighted by Crippen LogP contribution is -2.57. The van der Waals surface area contributed by atoms with Crippen molar-refractivity contribution in [1.82, 2.24) is 30.9 Å². The first kappa shape index (κ1) is 34.0. The molecular weight excluding hydrogens is 586 g/mol. The molecule has 4 atom stereocenters. The van der Waals surface area contributed by atoms with E-state index in [9.17, 15) is 29.1 Å². The van der Waals surface area contributed by atoms with Crippen molar-refractivity contribution < 1.29 is 29.1 Å². The molecule has 4 unspecified atom stereocenters. The van der Waals surface area contributed by atoms with Gasteiger partial charge in [0.05, 0.1) is 12.4 Å². The number of aromatic amines is 2. The van der Waals surface area contributed by atoms with E-state index in [1.165, 1.54) is 12.5 Å². The van der Waals surface area contributed by atoms with Crippen LogP contribution in [-0.2, 0) is 36.8 Å². The number of H-pyrrole nitrogens is 2. The number of nitrogens with zero attached hydrogens (tertiary/aromatic N) is 2. The molecule has 0 fully saturated rings. The van der Waals surface area contributed by atoms with Crippen LogP contribution in [0.25, 0.3) is 10.9 Å². The molecular formula is C28H39N11O6. The van der Waals surface area contributed by atoms with Crippen LogP contribution in [0.1, 0.15) is 36.9 Å². The molecule has 4 amide bonds. The van der Waals surface area contributed by atoms with Crippen LogP contribution >= 0.6 is 0 Å². The highest BCUT2D eigenvalue weighted by Crippen LogP contribution is 2.19. The van der Waals surface area contributed by atoms with E-state index in [-0.39, 0.29) is 51.0 Å². The van der Waals surface area contributed by atoms with Crippen LogP contribution in [0.3, 0.4) is 0 Å². The van der Waals surface area contributed by atoms with E-state index in [0.717, 1.165) is 16.5 Å². The predicted molar refractivity (Wildman–Crippen MR) is 164 cm³/mol. The van der Waals surface area contributed by atoms with E-state index in [1.807, 2.05) is 24.3 Å². The van der Waals surface area contributed by atoms with Crippen LogP contribution in [0.4, 0.5) is 0 Å². The van der Waals surface area contributed by atoms with Gasteiger partial charge in [-0.15, -0.1) is 0 Å². The Bertz CT molecular complexity index is 1500. The monoisotopic (exact) mass is 625 g/mol. The third-order valence-electron chi connectivity index (χ3n) is 6.94. The number of aromatic nitrogens is 3. The van der Waals surface area contributed by atoms with Crippen LogP contribution in [0.15, 0.2) is 48.0 Å². The van der Waals surface area contributed by atoms with Crippen LogP contribution in [-0.4, -0.2) is 86.3 Å². The van der Waals surface area contributed by atoms with Gasteiger partial charge in [-0.25, -0.2) is 9.78 Å². The lowest BCUT2D eigenvalue weighted by atomic mass is 10.0. The minimum atomic E-state index is -1.44. The Hall–Kier alpha value is -5.45. The molecule has 17 nitrogen and oxygen atoms in total. The molecule has 17 heteroatoms. The largest absolute Gasteiger partial charge is 0.480 e. The van der Waals surface area contributed by atoms with Crippen molar-refractivity contribution >= 4 is 46.5 Å². The van der Waals surface area contributed by atoms with Crippen molar-refractivity contribution in [2.24, 2.45) is 27.9 Å². The highest BCUT2D eigenvalue weighted by atomic mass is 16.4. The number of amides is 4. The van der Waals surface area contributed by atoms with Gasteiger partial charge in [-0.05, 0) is 37.3 Å². The molecule has 0 aliphatic heterocycles. The molecule has 0 radical (unpaired) electrons. The molecule has 0 bridgehead atoms. The number of carboxylic acids is 1. The summed E-state index contributed by atoms with van der Waals surface area (Å²) in [6.45, 7) is 0.128. The number of para-hydroxylation sites is 1. The quantitative estimate of drug-likeness (QED) is 0.0415. The number of hydrogen-bond acceptors (Lipinski definition) is 8. The molecule has 14 N–H and O–H groups in total. The summed E-state index contributed by atoms with van der Waals surface area (Å²) in [5.74, 6) is -4.45. The maximum absolute atomic E-state index is 13.6. The molecule has 0 aliphatic rings. The van der Waals surface area contributed by atoms with E-state index in [1.54, 1.807) is 6.20 Å². The summed E-state index contributed by atoms with van der Waals surface area (Å²) in [6.07, 6.45) is 4.55. The maximum atomic E-state index is 13.6. The molecule has 1 aromatic carbocycles. The van der Waals surface area contributed by atoms with Crippen molar-refractivity contribution in [3.05, 3.63) is 54.2 Å². The van der Waals surface area contributed by atoms with E-state index < -0.39 is 53.8 Å². The molecule has 0 aliphatic carbocycles. The average molecular weight is 626 g/mol. The Morgan fingerprint density at radius 3 is 2.24 bits per heavy atom. The van der Waals surface area contributed by atoms with Gasteiger partial charge in [0, 0.05) is 48.4 Å². The number of primary amides is 1. The topological polar surface area (TPSA) is 303 Å². The normalized spacial score (nSPS) is 13.6. The Balaban J connectivity index is 1.76. The second kappa shape index (κ2) is 16.4. The second-order valence-corrected chi connectivity index (χ2v) is 10.4. The molecule has 45 heavy (non-hydrogen) atoms. The number of benzene rings is 1. The predicted octanol–water partition coefficient (Wildman–Crippen LogP) is -2.14. The molecule has 0 spiro atoms. The first-order valence-corrected chi connectivity index (χ1v) is 14.2. The number of carboxylic acid groups (broad SMARTS) is 1. The molecule has 0 saturated carbocycles. The zero-order valence-corrected chi connectivity index (χ0v) is 24.5. The summed E-state index contributed by atoms with van der Waals surface area (Å²) in [4.78, 5) is 76.7. The average Bonchev–Trinajstić information content (AvgIpc) is 3.66. The molecule has 2 aromatic heterocycles. The Labute approximate surface area is 258 Å². The van der Waals surface area contributed by atoms with Gasteiger partial charge in [0.25, 0.3) is 0 Å². The summed E-state index contributed by atoms with van der Waals surface area (Å²) in [6, 6.07) is 2.67. The lowest BCUT2D eigenvalue weighted by Gasteiger charge is -2.25. The third kappa shape index (κ3) is 10.6. The van der Waals surface area contributed by atoms with E-state index in [0.29, 0.717) is 5.69 Å². The van der Waals surface area contributed by atoms with Gasteiger partial charge in [0.1, 0.15) is 18.1 Å². The number of guanidine groups is 1. The highest BCUT2D eigenvalue weighted by Gasteiger charge is 2.31. The van der Waals surface area contributed by atoms with Crippen molar-refractivity contribution in [2.45, 2.75) is 62.7 Å². The van der Waals surface area contributed by atoms with Crippen LogP contribution < -0.4 is 38.9 Å². The summed E-state index contributed by atoms with van der Waals surface area (Å²) in [7, 11) is 0. The highest BCUT2D eigenvalue weighted by molar-refractivity contribution is 5.94. The molecule has 3 rings (SSSR count). The number of aliphatic carboxylic acids is 1. The number of fused-ring (bicyclic) bond motifs is 1. The van der Waals surface area contributed by atoms with Gasteiger partial charge in [-0.3, -0.25) is 24.2 Å². The SMILES string of the molecule is NC(=O)CCC(NC(=O)C(CCCN=C(N)N)NC(=O)C(Cc1cnc[nH]1)NC(=O)C(N)Cc1c[nH]c2ccccc12)C(=O)O. The molecule has 242 valence electrons. The minimum absolute atomic E-state index is 0.0152. The van der Waals surface area contributed by atoms with Crippen molar-refractivity contribution in [3.63, 3.8) is 0 Å². The Morgan fingerprint density at radius 1 is 0.889 bits per heavy atom. The Kier molecular flexibility index (Phi) is 12.4. The molecule has 2 heterocycles. The summed E-state index contributed by atoms with van der Waals surface area (Å²) in [5.41, 5.74) is 24.3. The number of nitrogens with two attached hydrogens (primary N) is 4. The third-order valence-corrected chi connectivity index (χ3v) is 6.94. The fraction of sp³-hybridized carbons (Fsp3) is 0.393.